The highest BCUT2D eigenvalue weighted by Crippen LogP contribution is 2.39. The summed E-state index contributed by atoms with van der Waals surface area (Å²) in [5.74, 6) is 0.692. The fourth-order valence-corrected chi connectivity index (χ4v) is 3.22. The number of fused-ring (bicyclic) bond motifs is 1. The molecule has 2 aliphatic carbocycles. The average molecular weight is 271 g/mol. The lowest BCUT2D eigenvalue weighted by atomic mass is 9.73. The van der Waals surface area contributed by atoms with Gasteiger partial charge < -0.3 is 9.84 Å². The van der Waals surface area contributed by atoms with Crippen LogP contribution in [0.1, 0.15) is 12.8 Å². The highest BCUT2D eigenvalue weighted by molar-refractivity contribution is 5.62. The second-order valence-corrected chi connectivity index (χ2v) is 5.72. The first kappa shape index (κ1) is 13.5. The molecule has 3 heteroatoms. The lowest BCUT2D eigenvalue weighted by Crippen LogP contribution is -2.37. The Kier molecular flexibility index (Phi) is 3.72. The first-order chi connectivity index (χ1) is 9.73. The Bertz CT molecular complexity index is 527. The van der Waals surface area contributed by atoms with Crippen molar-refractivity contribution in [3.8, 4) is 0 Å². The zero-order chi connectivity index (χ0) is 14.0. The summed E-state index contributed by atoms with van der Waals surface area (Å²) in [6, 6.07) is 0. The number of aliphatic hydroxyl groups is 1. The minimum atomic E-state index is -0.763. The van der Waals surface area contributed by atoms with E-state index in [1.54, 1.807) is 7.11 Å². The van der Waals surface area contributed by atoms with Crippen LogP contribution in [0.5, 0.6) is 0 Å². The molecule has 0 radical (unpaired) electrons. The number of rotatable bonds is 3. The molecule has 3 nitrogen and oxygen atoms in total. The van der Waals surface area contributed by atoms with Crippen LogP contribution in [0.3, 0.4) is 0 Å². The van der Waals surface area contributed by atoms with Gasteiger partial charge >= 0.3 is 0 Å². The van der Waals surface area contributed by atoms with Crippen molar-refractivity contribution in [3.63, 3.8) is 0 Å². The van der Waals surface area contributed by atoms with Crippen molar-refractivity contribution in [1.82, 2.24) is 0 Å². The van der Waals surface area contributed by atoms with E-state index < -0.39 is 5.60 Å². The molecule has 3 rings (SSSR count). The second kappa shape index (κ2) is 5.51. The van der Waals surface area contributed by atoms with E-state index in [2.05, 4.69) is 41.4 Å². The van der Waals surface area contributed by atoms with E-state index >= 15 is 0 Å². The quantitative estimate of drug-likeness (QED) is 0.856. The van der Waals surface area contributed by atoms with E-state index in [0.29, 0.717) is 37.8 Å². The molecule has 0 saturated heterocycles. The van der Waals surface area contributed by atoms with Gasteiger partial charge in [0.25, 0.3) is 0 Å². The van der Waals surface area contributed by atoms with Crippen molar-refractivity contribution in [3.05, 3.63) is 47.6 Å². The van der Waals surface area contributed by atoms with Crippen LogP contribution in [0.2, 0.25) is 0 Å². The Morgan fingerprint density at radius 3 is 3.00 bits per heavy atom. The standard InChI is InChI=1S/C17H21NO2/c1-20-12-14-11-15(17(19)6-8-18-9-7-17)10-13-4-2-3-5-16(13)14/h2-5,8,10-11,13,16,19H,6-7,9,12H2,1H3. The van der Waals surface area contributed by atoms with Crippen LogP contribution in [-0.2, 0) is 4.74 Å². The molecule has 1 heterocycles. The van der Waals surface area contributed by atoms with Crippen molar-refractivity contribution in [2.45, 2.75) is 18.4 Å². The number of hydrogen-bond donors (Lipinski definition) is 1. The number of allylic oxidation sites excluding steroid dienone is 5. The maximum Gasteiger partial charge on any atom is 0.0960 e. The van der Waals surface area contributed by atoms with E-state index in [1.807, 2.05) is 6.21 Å². The van der Waals surface area contributed by atoms with Gasteiger partial charge in [-0.25, -0.2) is 0 Å². The molecule has 0 saturated carbocycles. The van der Waals surface area contributed by atoms with Gasteiger partial charge in [-0.2, -0.15) is 0 Å². The molecule has 0 aromatic heterocycles. The fraction of sp³-hybridized carbons (Fsp3) is 0.471. The summed E-state index contributed by atoms with van der Waals surface area (Å²) in [6.07, 6.45) is 16.1. The largest absolute Gasteiger partial charge is 0.385 e. The normalized spacial score (nSPS) is 35.5. The molecule has 20 heavy (non-hydrogen) atoms. The van der Waals surface area contributed by atoms with Crippen LogP contribution in [-0.4, -0.2) is 37.2 Å². The minimum Gasteiger partial charge on any atom is -0.385 e. The molecule has 0 fully saturated rings. The summed E-state index contributed by atoms with van der Waals surface area (Å²) in [5, 5.41) is 10.9. The Labute approximate surface area is 120 Å². The van der Waals surface area contributed by atoms with Crippen LogP contribution < -0.4 is 0 Å². The van der Waals surface area contributed by atoms with Gasteiger partial charge in [0.1, 0.15) is 0 Å². The summed E-state index contributed by atoms with van der Waals surface area (Å²) >= 11 is 0. The topological polar surface area (TPSA) is 41.8 Å². The zero-order valence-corrected chi connectivity index (χ0v) is 11.8. The highest BCUT2D eigenvalue weighted by atomic mass is 16.5. The van der Waals surface area contributed by atoms with E-state index in [-0.39, 0.29) is 0 Å². The Morgan fingerprint density at radius 2 is 2.25 bits per heavy atom. The summed E-state index contributed by atoms with van der Waals surface area (Å²) in [4.78, 5) is 4.22. The van der Waals surface area contributed by atoms with Crippen molar-refractivity contribution < 1.29 is 9.84 Å². The molecule has 0 bridgehead atoms. The van der Waals surface area contributed by atoms with Crippen molar-refractivity contribution in [2.24, 2.45) is 16.8 Å². The second-order valence-electron chi connectivity index (χ2n) is 5.72. The Morgan fingerprint density at radius 1 is 1.40 bits per heavy atom. The van der Waals surface area contributed by atoms with Gasteiger partial charge in [0, 0.05) is 44.5 Å². The van der Waals surface area contributed by atoms with Gasteiger partial charge in [0.15, 0.2) is 0 Å². The number of hydrogen-bond acceptors (Lipinski definition) is 3. The van der Waals surface area contributed by atoms with E-state index in [9.17, 15) is 5.11 Å². The maximum absolute atomic E-state index is 10.9. The fourth-order valence-electron chi connectivity index (χ4n) is 3.22. The summed E-state index contributed by atoms with van der Waals surface area (Å²) in [6.45, 7) is 1.31. The molecular weight excluding hydrogens is 250 g/mol. The molecule has 106 valence electrons. The lowest BCUT2D eigenvalue weighted by Gasteiger charge is -2.36. The Hall–Kier alpha value is -1.45. The number of ether oxygens (including phenoxy) is 1. The number of methoxy groups -OCH3 is 1. The number of nitrogens with zero attached hydrogens (tertiary/aromatic N) is 1. The lowest BCUT2D eigenvalue weighted by molar-refractivity contribution is 0.0786. The maximum atomic E-state index is 10.9. The van der Waals surface area contributed by atoms with E-state index in [1.165, 1.54) is 5.57 Å². The van der Waals surface area contributed by atoms with Gasteiger partial charge in [0.05, 0.1) is 12.2 Å². The van der Waals surface area contributed by atoms with Crippen LogP contribution in [0.25, 0.3) is 0 Å². The predicted molar refractivity (Wildman–Crippen MR) is 80.8 cm³/mol. The van der Waals surface area contributed by atoms with Gasteiger partial charge in [-0.1, -0.05) is 36.5 Å². The summed E-state index contributed by atoms with van der Waals surface area (Å²) < 4.78 is 5.34. The first-order valence-corrected chi connectivity index (χ1v) is 7.20. The van der Waals surface area contributed by atoms with Crippen LogP contribution in [0, 0.1) is 11.8 Å². The third-order valence-electron chi connectivity index (χ3n) is 4.38. The molecule has 0 aromatic carbocycles. The van der Waals surface area contributed by atoms with Crippen molar-refractivity contribution in [1.29, 1.82) is 0 Å². The third-order valence-corrected chi connectivity index (χ3v) is 4.38. The SMILES string of the molecule is COCC1=CC(C2(O)CC=NCC2)=CC2C=CC=CC12. The minimum absolute atomic E-state index is 0.327. The average Bonchev–Trinajstić information content (AvgIpc) is 2.48. The summed E-state index contributed by atoms with van der Waals surface area (Å²) in [5.41, 5.74) is 1.50. The van der Waals surface area contributed by atoms with Gasteiger partial charge in [0.2, 0.25) is 0 Å². The van der Waals surface area contributed by atoms with Crippen LogP contribution in [0.15, 0.2) is 52.6 Å². The summed E-state index contributed by atoms with van der Waals surface area (Å²) in [7, 11) is 1.72. The van der Waals surface area contributed by atoms with Gasteiger partial charge in [-0.05, 0) is 11.1 Å². The predicted octanol–water partition coefficient (Wildman–Crippen LogP) is 2.45. The van der Waals surface area contributed by atoms with Crippen molar-refractivity contribution in [2.75, 3.05) is 20.3 Å². The van der Waals surface area contributed by atoms with E-state index in [4.69, 9.17) is 4.74 Å². The first-order valence-electron chi connectivity index (χ1n) is 7.20. The molecule has 0 amide bonds. The van der Waals surface area contributed by atoms with Gasteiger partial charge in [-0.15, -0.1) is 0 Å². The smallest absolute Gasteiger partial charge is 0.0960 e. The third kappa shape index (κ3) is 2.43. The molecule has 1 aliphatic heterocycles. The molecular formula is C17H21NO2. The highest BCUT2D eigenvalue weighted by Gasteiger charge is 2.35. The monoisotopic (exact) mass is 271 g/mol. The molecule has 0 aromatic rings. The molecule has 3 unspecified atom stereocenters. The Balaban J connectivity index is 1.94. The van der Waals surface area contributed by atoms with Crippen molar-refractivity contribution >= 4 is 6.21 Å². The number of aliphatic imine (C=N–C) groups is 1. The zero-order valence-electron chi connectivity index (χ0n) is 11.8. The molecule has 3 atom stereocenters. The van der Waals surface area contributed by atoms with Crippen LogP contribution >= 0.6 is 0 Å². The molecule has 3 aliphatic rings. The van der Waals surface area contributed by atoms with Crippen LogP contribution in [0.4, 0.5) is 0 Å². The molecule has 0 spiro atoms. The van der Waals surface area contributed by atoms with Gasteiger partial charge in [-0.3, -0.25) is 4.99 Å². The van der Waals surface area contributed by atoms with E-state index in [0.717, 1.165) is 5.57 Å². The molecule has 1 N–H and O–H groups in total.